The summed E-state index contributed by atoms with van der Waals surface area (Å²) in [6.07, 6.45) is 9.33. The Morgan fingerprint density at radius 3 is 2.81 bits per heavy atom. The molecule has 140 valence electrons. The van der Waals surface area contributed by atoms with Crippen molar-refractivity contribution in [3.05, 3.63) is 53.0 Å². The van der Waals surface area contributed by atoms with Gasteiger partial charge >= 0.3 is 0 Å². The summed E-state index contributed by atoms with van der Waals surface area (Å²) in [5, 5.41) is 4.03. The van der Waals surface area contributed by atoms with Gasteiger partial charge in [-0.3, -0.25) is 9.36 Å². The van der Waals surface area contributed by atoms with Crippen LogP contribution in [0.3, 0.4) is 0 Å². The lowest BCUT2D eigenvalue weighted by molar-refractivity contribution is 0.0599. The second-order valence-electron chi connectivity index (χ2n) is 6.82. The molecule has 1 saturated carbocycles. The highest BCUT2D eigenvalue weighted by molar-refractivity contribution is 9.10. The van der Waals surface area contributed by atoms with Gasteiger partial charge in [0.25, 0.3) is 5.91 Å². The summed E-state index contributed by atoms with van der Waals surface area (Å²) in [4.78, 5) is 21.9. The minimum atomic E-state index is -0.0669. The average Bonchev–Trinajstić information content (AvgIpc) is 3.23. The van der Waals surface area contributed by atoms with E-state index in [0.717, 1.165) is 41.1 Å². The van der Waals surface area contributed by atoms with Crippen molar-refractivity contribution < 1.29 is 9.53 Å². The van der Waals surface area contributed by atoms with Crippen LogP contribution < -0.4 is 5.32 Å². The molecule has 6 nitrogen and oxygen atoms in total. The topological polar surface area (TPSA) is 69.0 Å². The number of imidazole rings is 1. The zero-order valence-corrected chi connectivity index (χ0v) is 16.6. The number of ether oxygens (including phenoxy) is 1. The monoisotopic (exact) mass is 428 g/mol. The van der Waals surface area contributed by atoms with Crippen molar-refractivity contribution in [1.82, 2.24) is 19.9 Å². The Balaban J connectivity index is 1.67. The predicted octanol–water partition coefficient (Wildman–Crippen LogP) is 3.87. The van der Waals surface area contributed by atoms with Crippen LogP contribution >= 0.6 is 15.9 Å². The zero-order chi connectivity index (χ0) is 18.8. The molecule has 0 spiro atoms. The normalized spacial score (nSPS) is 19.9. The van der Waals surface area contributed by atoms with Gasteiger partial charge in [0.2, 0.25) is 0 Å². The quantitative estimate of drug-likeness (QED) is 0.684. The number of nitrogens with one attached hydrogen (secondary N) is 1. The van der Waals surface area contributed by atoms with Gasteiger partial charge in [-0.25, -0.2) is 9.97 Å². The lowest BCUT2D eigenvalue weighted by Crippen LogP contribution is -2.39. The number of aromatic nitrogens is 3. The number of hydrogen-bond acceptors (Lipinski definition) is 4. The Hall–Kier alpha value is -2.25. The van der Waals surface area contributed by atoms with Gasteiger partial charge in [0, 0.05) is 35.4 Å². The van der Waals surface area contributed by atoms with Gasteiger partial charge in [0.1, 0.15) is 12.1 Å². The first-order valence-electron chi connectivity index (χ1n) is 9.07. The molecule has 1 N–H and O–H groups in total. The van der Waals surface area contributed by atoms with Crippen molar-refractivity contribution in [2.45, 2.75) is 37.8 Å². The zero-order valence-electron chi connectivity index (χ0n) is 15.1. The summed E-state index contributed by atoms with van der Waals surface area (Å²) < 4.78 is 8.09. The van der Waals surface area contributed by atoms with Crippen molar-refractivity contribution in [1.29, 1.82) is 0 Å². The molecule has 0 radical (unpaired) electrons. The molecule has 1 aliphatic rings. The Morgan fingerprint density at radius 1 is 1.30 bits per heavy atom. The van der Waals surface area contributed by atoms with E-state index in [0.29, 0.717) is 17.5 Å². The minimum absolute atomic E-state index is 0.0669. The van der Waals surface area contributed by atoms with Gasteiger partial charge < -0.3 is 10.1 Å². The number of fused-ring (bicyclic) bond motifs is 1. The molecule has 7 heteroatoms. The first-order valence-corrected chi connectivity index (χ1v) is 9.86. The summed E-state index contributed by atoms with van der Waals surface area (Å²) >= 11 is 3.56. The molecule has 1 amide bonds. The molecule has 3 aromatic rings. The highest BCUT2D eigenvalue weighted by Gasteiger charge is 2.24. The molecule has 0 atom stereocenters. The fourth-order valence-electron chi connectivity index (χ4n) is 3.62. The minimum Gasteiger partial charge on any atom is -0.381 e. The number of carbonyl (C=O) groups excluding carboxylic acids is 1. The molecular weight excluding hydrogens is 408 g/mol. The van der Waals surface area contributed by atoms with Gasteiger partial charge in [-0.05, 0) is 53.7 Å². The summed E-state index contributed by atoms with van der Waals surface area (Å²) in [7, 11) is 1.75. The number of nitrogens with zero attached hydrogens (tertiary/aromatic N) is 3. The molecule has 0 aliphatic heterocycles. The van der Waals surface area contributed by atoms with E-state index in [4.69, 9.17) is 9.72 Å². The van der Waals surface area contributed by atoms with E-state index in [9.17, 15) is 4.79 Å². The van der Waals surface area contributed by atoms with Gasteiger partial charge in [-0.1, -0.05) is 12.1 Å². The molecule has 1 fully saturated rings. The Kier molecular flexibility index (Phi) is 5.22. The molecule has 4 rings (SSSR count). The van der Waals surface area contributed by atoms with Crippen molar-refractivity contribution >= 4 is 32.7 Å². The maximum Gasteiger partial charge on any atom is 0.252 e. The second kappa shape index (κ2) is 7.78. The van der Waals surface area contributed by atoms with Crippen LogP contribution in [0.2, 0.25) is 0 Å². The molecule has 2 heterocycles. The number of carbonyl (C=O) groups is 1. The molecule has 0 unspecified atom stereocenters. The van der Waals surface area contributed by atoms with Crippen LogP contribution in [0.4, 0.5) is 0 Å². The highest BCUT2D eigenvalue weighted by Crippen LogP contribution is 2.27. The van der Waals surface area contributed by atoms with Gasteiger partial charge in [0.15, 0.2) is 0 Å². The van der Waals surface area contributed by atoms with E-state index in [1.807, 2.05) is 30.5 Å². The number of amides is 1. The largest absolute Gasteiger partial charge is 0.381 e. The number of methoxy groups -OCH3 is 1. The number of para-hydroxylation sites is 1. The average molecular weight is 429 g/mol. The SMILES string of the molecule is CO[C@H]1CC[C@H](NC(=O)c2cc(-n3ccnc3)nc3c(Br)cccc23)CC1. The number of pyridine rings is 1. The van der Waals surface area contributed by atoms with Crippen LogP contribution in [0, 0.1) is 0 Å². The fraction of sp³-hybridized carbons (Fsp3) is 0.350. The van der Waals surface area contributed by atoms with Crippen LogP contribution in [-0.4, -0.2) is 39.7 Å². The number of benzene rings is 1. The number of hydrogen-bond donors (Lipinski definition) is 1. The third-order valence-corrected chi connectivity index (χ3v) is 5.77. The van der Waals surface area contributed by atoms with Crippen LogP contribution in [0.1, 0.15) is 36.0 Å². The lowest BCUT2D eigenvalue weighted by Gasteiger charge is -2.28. The summed E-state index contributed by atoms with van der Waals surface area (Å²) in [5.74, 6) is 0.600. The van der Waals surface area contributed by atoms with E-state index < -0.39 is 0 Å². The third-order valence-electron chi connectivity index (χ3n) is 5.13. The van der Waals surface area contributed by atoms with Gasteiger partial charge in [0.05, 0.1) is 17.2 Å². The molecule has 0 saturated heterocycles. The Bertz CT molecular complexity index is 950. The fourth-order valence-corrected chi connectivity index (χ4v) is 4.08. The number of rotatable bonds is 4. The van der Waals surface area contributed by atoms with Crippen molar-refractivity contribution in [2.24, 2.45) is 0 Å². The molecule has 27 heavy (non-hydrogen) atoms. The van der Waals surface area contributed by atoms with Crippen LogP contribution in [0.15, 0.2) is 47.5 Å². The van der Waals surface area contributed by atoms with E-state index in [1.165, 1.54) is 0 Å². The van der Waals surface area contributed by atoms with Gasteiger partial charge in [-0.2, -0.15) is 0 Å². The Labute approximate surface area is 166 Å². The standard InChI is InChI=1S/C20H21BrN4O2/c1-27-14-7-5-13(6-8-14)23-20(26)16-11-18(25-10-9-22-12-25)24-19-15(16)3-2-4-17(19)21/h2-4,9-14H,5-8H2,1H3,(H,23,26)/t13-,14-. The summed E-state index contributed by atoms with van der Waals surface area (Å²) in [6.45, 7) is 0. The first kappa shape index (κ1) is 18.1. The molecule has 1 aliphatic carbocycles. The molecule has 1 aromatic carbocycles. The molecule has 2 aromatic heterocycles. The van der Waals surface area contributed by atoms with Gasteiger partial charge in [-0.15, -0.1) is 0 Å². The van der Waals surface area contributed by atoms with E-state index in [-0.39, 0.29) is 11.9 Å². The third kappa shape index (κ3) is 3.75. The Morgan fingerprint density at radius 2 is 2.11 bits per heavy atom. The second-order valence-corrected chi connectivity index (χ2v) is 7.67. The maximum absolute atomic E-state index is 13.1. The van der Waals surface area contributed by atoms with Crippen LogP contribution in [0.25, 0.3) is 16.7 Å². The molecular formula is C20H21BrN4O2. The van der Waals surface area contributed by atoms with Crippen molar-refractivity contribution in [3.63, 3.8) is 0 Å². The highest BCUT2D eigenvalue weighted by atomic mass is 79.9. The van der Waals surface area contributed by atoms with Crippen molar-refractivity contribution in [3.8, 4) is 5.82 Å². The van der Waals surface area contributed by atoms with Crippen molar-refractivity contribution in [2.75, 3.05) is 7.11 Å². The van der Waals surface area contributed by atoms with E-state index in [1.54, 1.807) is 24.2 Å². The van der Waals surface area contributed by atoms with Crippen LogP contribution in [0.5, 0.6) is 0 Å². The predicted molar refractivity (Wildman–Crippen MR) is 107 cm³/mol. The van der Waals surface area contributed by atoms with E-state index >= 15 is 0 Å². The maximum atomic E-state index is 13.1. The van der Waals surface area contributed by atoms with E-state index in [2.05, 4.69) is 26.2 Å². The summed E-state index contributed by atoms with van der Waals surface area (Å²) in [6, 6.07) is 7.79. The smallest absolute Gasteiger partial charge is 0.252 e. The molecule has 0 bridgehead atoms. The number of halogens is 1. The van der Waals surface area contributed by atoms with Crippen LogP contribution in [-0.2, 0) is 4.74 Å². The lowest BCUT2D eigenvalue weighted by atomic mass is 9.92. The summed E-state index contributed by atoms with van der Waals surface area (Å²) in [5.41, 5.74) is 1.39. The first-order chi connectivity index (χ1) is 13.2.